The first-order chi connectivity index (χ1) is 8.60. The van der Waals surface area contributed by atoms with E-state index >= 15 is 0 Å². The molecule has 98 valence electrons. The van der Waals surface area contributed by atoms with Crippen molar-refractivity contribution in [3.8, 4) is 0 Å². The number of carbonyl (C=O) groups excluding carboxylic acids is 1. The number of rotatable bonds is 2. The molecule has 18 heavy (non-hydrogen) atoms. The molecule has 1 aromatic rings. The largest absolute Gasteiger partial charge is 0.370 e. The summed E-state index contributed by atoms with van der Waals surface area (Å²) in [6, 6.07) is 2.61. The van der Waals surface area contributed by atoms with Crippen LogP contribution in [-0.4, -0.2) is 47.6 Å². The van der Waals surface area contributed by atoms with Crippen molar-refractivity contribution in [1.29, 1.82) is 0 Å². The van der Waals surface area contributed by atoms with Crippen molar-refractivity contribution in [2.45, 2.75) is 19.1 Å². The predicted octanol–water partition coefficient (Wildman–Crippen LogP) is 0.409. The van der Waals surface area contributed by atoms with Crippen molar-refractivity contribution < 1.29 is 13.9 Å². The fraction of sp³-hybridized carbons (Fsp3) is 0.500. The van der Waals surface area contributed by atoms with Crippen LogP contribution in [-0.2, 0) is 4.74 Å². The maximum Gasteiger partial charge on any atom is 0.272 e. The van der Waals surface area contributed by atoms with Crippen LogP contribution < -0.4 is 5.73 Å². The maximum absolute atomic E-state index is 12.7. The summed E-state index contributed by atoms with van der Waals surface area (Å²) >= 11 is 0. The van der Waals surface area contributed by atoms with Crippen LogP contribution >= 0.6 is 0 Å². The summed E-state index contributed by atoms with van der Waals surface area (Å²) in [4.78, 5) is 17.6. The monoisotopic (exact) mass is 253 g/mol. The summed E-state index contributed by atoms with van der Waals surface area (Å²) in [5.74, 6) is -0.676. The Morgan fingerprint density at radius 2 is 2.39 bits per heavy atom. The lowest BCUT2D eigenvalue weighted by Crippen LogP contribution is -2.51. The zero-order chi connectivity index (χ0) is 13.1. The van der Waals surface area contributed by atoms with Gasteiger partial charge in [-0.15, -0.1) is 0 Å². The van der Waals surface area contributed by atoms with Crippen molar-refractivity contribution in [2.24, 2.45) is 5.73 Å². The standard InChI is InChI=1S/C12H16FN3O2/c1-8-6-16(7-10(4-14)18-8)12(17)11-3-2-9(13)5-15-11/h2-3,5,8,10H,4,6-7,14H2,1H3. The van der Waals surface area contributed by atoms with Crippen LogP contribution in [0.3, 0.4) is 0 Å². The summed E-state index contributed by atoms with van der Waals surface area (Å²) < 4.78 is 18.3. The fourth-order valence-corrected chi connectivity index (χ4v) is 2.01. The Hall–Kier alpha value is -1.53. The van der Waals surface area contributed by atoms with E-state index in [4.69, 9.17) is 10.5 Å². The molecule has 1 fully saturated rings. The van der Waals surface area contributed by atoms with Crippen LogP contribution in [0.1, 0.15) is 17.4 Å². The molecule has 2 rings (SSSR count). The first-order valence-electron chi connectivity index (χ1n) is 5.86. The molecule has 0 aliphatic carbocycles. The predicted molar refractivity (Wildman–Crippen MR) is 63.5 cm³/mol. The van der Waals surface area contributed by atoms with Crippen LogP contribution in [0.15, 0.2) is 18.3 Å². The maximum atomic E-state index is 12.7. The number of hydrogen-bond acceptors (Lipinski definition) is 4. The molecule has 1 aliphatic rings. The molecular weight excluding hydrogens is 237 g/mol. The second-order valence-corrected chi connectivity index (χ2v) is 4.38. The lowest BCUT2D eigenvalue weighted by molar-refractivity contribution is -0.0627. The highest BCUT2D eigenvalue weighted by Crippen LogP contribution is 2.13. The molecule has 0 spiro atoms. The van der Waals surface area contributed by atoms with E-state index in [0.717, 1.165) is 6.20 Å². The normalized spacial score (nSPS) is 24.1. The average Bonchev–Trinajstić information content (AvgIpc) is 2.38. The van der Waals surface area contributed by atoms with Crippen LogP contribution in [0.25, 0.3) is 0 Å². The molecule has 5 nitrogen and oxygen atoms in total. The smallest absolute Gasteiger partial charge is 0.272 e. The van der Waals surface area contributed by atoms with Gasteiger partial charge in [-0.05, 0) is 19.1 Å². The van der Waals surface area contributed by atoms with E-state index in [-0.39, 0.29) is 23.8 Å². The first-order valence-corrected chi connectivity index (χ1v) is 5.86. The minimum Gasteiger partial charge on any atom is -0.370 e. The van der Waals surface area contributed by atoms with Crippen molar-refractivity contribution in [1.82, 2.24) is 9.88 Å². The number of ether oxygens (including phenoxy) is 1. The third-order valence-electron chi connectivity index (χ3n) is 2.82. The van der Waals surface area contributed by atoms with E-state index in [1.807, 2.05) is 6.92 Å². The topological polar surface area (TPSA) is 68.5 Å². The number of halogens is 1. The molecule has 2 unspecified atom stereocenters. The number of amides is 1. The van der Waals surface area contributed by atoms with Gasteiger partial charge in [0.25, 0.3) is 5.91 Å². The van der Waals surface area contributed by atoms with E-state index in [1.54, 1.807) is 4.90 Å². The Morgan fingerprint density at radius 3 is 3.00 bits per heavy atom. The molecule has 6 heteroatoms. The van der Waals surface area contributed by atoms with E-state index < -0.39 is 5.82 Å². The number of pyridine rings is 1. The lowest BCUT2D eigenvalue weighted by atomic mass is 10.2. The van der Waals surface area contributed by atoms with Gasteiger partial charge in [0.1, 0.15) is 11.5 Å². The molecule has 0 saturated carbocycles. The molecule has 1 saturated heterocycles. The minimum absolute atomic E-state index is 0.0586. The van der Waals surface area contributed by atoms with Gasteiger partial charge in [0, 0.05) is 19.6 Å². The zero-order valence-electron chi connectivity index (χ0n) is 10.2. The zero-order valence-corrected chi connectivity index (χ0v) is 10.2. The van der Waals surface area contributed by atoms with Crippen LogP contribution in [0.5, 0.6) is 0 Å². The molecule has 0 bridgehead atoms. The summed E-state index contributed by atoms with van der Waals surface area (Å²) in [6.07, 6.45) is 0.826. The summed E-state index contributed by atoms with van der Waals surface area (Å²) in [5.41, 5.74) is 5.80. The Kier molecular flexibility index (Phi) is 3.88. The van der Waals surface area contributed by atoms with Gasteiger partial charge in [-0.1, -0.05) is 0 Å². The Bertz CT molecular complexity index is 424. The molecule has 2 heterocycles. The van der Waals surface area contributed by atoms with Crippen molar-refractivity contribution in [3.05, 3.63) is 29.8 Å². The van der Waals surface area contributed by atoms with Gasteiger partial charge in [-0.3, -0.25) is 4.79 Å². The van der Waals surface area contributed by atoms with Gasteiger partial charge in [0.2, 0.25) is 0 Å². The van der Waals surface area contributed by atoms with Gasteiger partial charge in [-0.25, -0.2) is 9.37 Å². The lowest BCUT2D eigenvalue weighted by Gasteiger charge is -2.36. The number of hydrogen-bond donors (Lipinski definition) is 1. The number of nitrogens with two attached hydrogens (primary N) is 1. The molecule has 2 atom stereocenters. The van der Waals surface area contributed by atoms with Crippen LogP contribution in [0.2, 0.25) is 0 Å². The first kappa shape index (κ1) is 12.9. The van der Waals surface area contributed by atoms with E-state index in [9.17, 15) is 9.18 Å². The van der Waals surface area contributed by atoms with Gasteiger partial charge in [-0.2, -0.15) is 0 Å². The third kappa shape index (κ3) is 2.83. The van der Waals surface area contributed by atoms with Crippen LogP contribution in [0.4, 0.5) is 4.39 Å². The Morgan fingerprint density at radius 1 is 1.61 bits per heavy atom. The van der Waals surface area contributed by atoms with Crippen molar-refractivity contribution in [2.75, 3.05) is 19.6 Å². The van der Waals surface area contributed by atoms with Gasteiger partial charge in [0.05, 0.1) is 18.4 Å². The van der Waals surface area contributed by atoms with E-state index in [2.05, 4.69) is 4.98 Å². The number of aromatic nitrogens is 1. The highest BCUT2D eigenvalue weighted by molar-refractivity contribution is 5.92. The van der Waals surface area contributed by atoms with Gasteiger partial charge < -0.3 is 15.4 Å². The van der Waals surface area contributed by atoms with Crippen LogP contribution in [0, 0.1) is 5.82 Å². The average molecular weight is 253 g/mol. The molecule has 2 N–H and O–H groups in total. The highest BCUT2D eigenvalue weighted by Gasteiger charge is 2.28. The fourth-order valence-electron chi connectivity index (χ4n) is 2.01. The van der Waals surface area contributed by atoms with Gasteiger partial charge >= 0.3 is 0 Å². The number of carbonyl (C=O) groups is 1. The molecule has 1 amide bonds. The minimum atomic E-state index is -0.457. The number of morpholine rings is 1. The van der Waals surface area contributed by atoms with Gasteiger partial charge in [0.15, 0.2) is 0 Å². The molecule has 0 aromatic carbocycles. The molecular formula is C12H16FN3O2. The second kappa shape index (κ2) is 5.41. The SMILES string of the molecule is CC1CN(C(=O)c2ccc(F)cn2)CC(CN)O1. The number of nitrogens with zero attached hydrogens (tertiary/aromatic N) is 2. The van der Waals surface area contributed by atoms with E-state index in [1.165, 1.54) is 12.1 Å². The highest BCUT2D eigenvalue weighted by atomic mass is 19.1. The van der Waals surface area contributed by atoms with Crippen molar-refractivity contribution >= 4 is 5.91 Å². The molecule has 0 radical (unpaired) electrons. The second-order valence-electron chi connectivity index (χ2n) is 4.38. The molecule has 1 aliphatic heterocycles. The molecule has 1 aromatic heterocycles. The summed E-state index contributed by atoms with van der Waals surface area (Å²) in [7, 11) is 0. The summed E-state index contributed by atoms with van der Waals surface area (Å²) in [5, 5.41) is 0. The third-order valence-corrected chi connectivity index (χ3v) is 2.82. The quantitative estimate of drug-likeness (QED) is 0.829. The Labute approximate surface area is 105 Å². The van der Waals surface area contributed by atoms with Crippen molar-refractivity contribution in [3.63, 3.8) is 0 Å². The summed E-state index contributed by atoms with van der Waals surface area (Å²) in [6.45, 7) is 3.19. The Balaban J connectivity index is 2.10. The van der Waals surface area contributed by atoms with E-state index in [0.29, 0.717) is 19.6 Å².